The first-order valence-electron chi connectivity index (χ1n) is 8.64. The van der Waals surface area contributed by atoms with E-state index >= 15 is 0 Å². The predicted molar refractivity (Wildman–Crippen MR) is 104 cm³/mol. The maximum Gasteiger partial charge on any atom is 0.255 e. The van der Waals surface area contributed by atoms with Crippen molar-refractivity contribution in [2.75, 3.05) is 25.6 Å². The summed E-state index contributed by atoms with van der Waals surface area (Å²) in [4.78, 5) is 12.7. The Morgan fingerprint density at radius 3 is 2.42 bits per heavy atom. The van der Waals surface area contributed by atoms with Crippen molar-refractivity contribution >= 4 is 23.2 Å². The number of nitrogens with one attached hydrogen (secondary N) is 1. The van der Waals surface area contributed by atoms with Gasteiger partial charge in [-0.25, -0.2) is 0 Å². The van der Waals surface area contributed by atoms with Crippen molar-refractivity contribution in [1.29, 1.82) is 0 Å². The fourth-order valence-electron chi connectivity index (χ4n) is 2.30. The fraction of sp³-hybridized carbons (Fsp3) is 0.350. The van der Waals surface area contributed by atoms with E-state index in [2.05, 4.69) is 5.32 Å². The number of rotatable bonds is 9. The topological polar surface area (TPSA) is 56.8 Å². The third-order valence-corrected chi connectivity index (χ3v) is 3.82. The van der Waals surface area contributed by atoms with Crippen molar-refractivity contribution < 1.29 is 19.0 Å². The Morgan fingerprint density at radius 2 is 1.73 bits per heavy atom. The van der Waals surface area contributed by atoms with Gasteiger partial charge in [-0.2, -0.15) is 0 Å². The van der Waals surface area contributed by atoms with Gasteiger partial charge in [-0.05, 0) is 37.1 Å². The molecule has 0 aromatic heterocycles. The van der Waals surface area contributed by atoms with E-state index in [0.29, 0.717) is 46.7 Å². The molecule has 1 N–H and O–H groups in total. The van der Waals surface area contributed by atoms with Gasteiger partial charge in [0, 0.05) is 5.56 Å². The molecule has 0 heterocycles. The molecular formula is C20H24ClNO4. The lowest BCUT2D eigenvalue weighted by molar-refractivity contribution is 0.102. The minimum absolute atomic E-state index is 0.306. The third kappa shape index (κ3) is 5.05. The molecule has 0 radical (unpaired) electrons. The molecule has 0 atom stereocenters. The van der Waals surface area contributed by atoms with Gasteiger partial charge in [0.2, 0.25) is 0 Å². The highest BCUT2D eigenvalue weighted by Crippen LogP contribution is 2.37. The number of amides is 1. The predicted octanol–water partition coefficient (Wildman–Crippen LogP) is 5.18. The number of halogens is 1. The van der Waals surface area contributed by atoms with Crippen LogP contribution >= 0.6 is 11.6 Å². The highest BCUT2D eigenvalue weighted by molar-refractivity contribution is 6.32. The lowest BCUT2D eigenvalue weighted by atomic mass is 10.1. The van der Waals surface area contributed by atoms with E-state index in [-0.39, 0.29) is 5.91 Å². The average molecular weight is 378 g/mol. The molecular weight excluding hydrogens is 354 g/mol. The number of methoxy groups -OCH3 is 1. The van der Waals surface area contributed by atoms with Crippen LogP contribution < -0.4 is 19.5 Å². The summed E-state index contributed by atoms with van der Waals surface area (Å²) in [6, 6.07) is 10.5. The maximum atomic E-state index is 12.7. The molecule has 0 aliphatic heterocycles. The summed E-state index contributed by atoms with van der Waals surface area (Å²) in [6.07, 6.45) is 1.73. The van der Waals surface area contributed by atoms with E-state index in [1.54, 1.807) is 18.2 Å². The smallest absolute Gasteiger partial charge is 0.255 e. The van der Waals surface area contributed by atoms with Crippen LogP contribution in [0.2, 0.25) is 5.02 Å². The number of hydrogen-bond donors (Lipinski definition) is 1. The number of para-hydroxylation sites is 2. The Hall–Kier alpha value is -2.40. The largest absolute Gasteiger partial charge is 0.493 e. The number of anilines is 1. The van der Waals surface area contributed by atoms with Crippen LogP contribution in [0.4, 0.5) is 5.69 Å². The highest BCUT2D eigenvalue weighted by atomic mass is 35.5. The zero-order valence-corrected chi connectivity index (χ0v) is 16.1. The van der Waals surface area contributed by atoms with Crippen molar-refractivity contribution in [1.82, 2.24) is 0 Å². The van der Waals surface area contributed by atoms with Gasteiger partial charge in [0.15, 0.2) is 11.5 Å². The van der Waals surface area contributed by atoms with Crippen LogP contribution in [0.3, 0.4) is 0 Å². The van der Waals surface area contributed by atoms with Gasteiger partial charge in [-0.15, -0.1) is 0 Å². The van der Waals surface area contributed by atoms with Crippen LogP contribution in [0.15, 0.2) is 36.4 Å². The minimum Gasteiger partial charge on any atom is -0.493 e. The standard InChI is InChI=1S/C20H24ClNO4/c1-4-10-25-17-9-7-6-8-16(17)22-20(23)14-12-15(21)19(26-11-5-2)18(13-14)24-3/h6-9,12-13H,4-5,10-11H2,1-3H3,(H,22,23). The maximum absolute atomic E-state index is 12.7. The number of benzene rings is 2. The summed E-state index contributed by atoms with van der Waals surface area (Å²) in [5, 5.41) is 3.19. The molecule has 0 saturated heterocycles. The van der Waals surface area contributed by atoms with Crippen LogP contribution in [0.5, 0.6) is 17.2 Å². The van der Waals surface area contributed by atoms with Crippen molar-refractivity contribution in [2.45, 2.75) is 26.7 Å². The van der Waals surface area contributed by atoms with Gasteiger partial charge < -0.3 is 19.5 Å². The Bertz CT molecular complexity index is 749. The van der Waals surface area contributed by atoms with E-state index in [0.717, 1.165) is 12.8 Å². The molecule has 5 nitrogen and oxygen atoms in total. The second kappa shape index (κ2) is 9.92. The SMILES string of the molecule is CCCOc1ccccc1NC(=O)c1cc(Cl)c(OCCC)c(OC)c1. The van der Waals surface area contributed by atoms with Gasteiger partial charge in [0.1, 0.15) is 5.75 Å². The summed E-state index contributed by atoms with van der Waals surface area (Å²) in [6.45, 7) is 5.12. The number of carbonyl (C=O) groups excluding carboxylic acids is 1. The zero-order valence-electron chi connectivity index (χ0n) is 15.3. The molecule has 2 rings (SSSR count). The van der Waals surface area contributed by atoms with Gasteiger partial charge >= 0.3 is 0 Å². The Morgan fingerprint density at radius 1 is 1.04 bits per heavy atom. The highest BCUT2D eigenvalue weighted by Gasteiger charge is 2.17. The normalized spacial score (nSPS) is 10.3. The number of carbonyl (C=O) groups is 1. The molecule has 0 unspecified atom stereocenters. The summed E-state index contributed by atoms with van der Waals surface area (Å²) in [5.74, 6) is 1.19. The molecule has 2 aromatic carbocycles. The second-order valence-electron chi connectivity index (χ2n) is 5.64. The van der Waals surface area contributed by atoms with Gasteiger partial charge in [-0.3, -0.25) is 4.79 Å². The van der Waals surface area contributed by atoms with Crippen LogP contribution in [-0.2, 0) is 0 Å². The Balaban J connectivity index is 2.24. The summed E-state index contributed by atoms with van der Waals surface area (Å²) in [7, 11) is 1.51. The van der Waals surface area contributed by atoms with Crippen molar-refractivity contribution in [3.63, 3.8) is 0 Å². The first-order valence-corrected chi connectivity index (χ1v) is 9.02. The second-order valence-corrected chi connectivity index (χ2v) is 6.04. The lowest BCUT2D eigenvalue weighted by Crippen LogP contribution is -2.13. The third-order valence-electron chi connectivity index (χ3n) is 3.54. The average Bonchev–Trinajstić information content (AvgIpc) is 2.65. The van der Waals surface area contributed by atoms with Crippen LogP contribution in [0.1, 0.15) is 37.0 Å². The Labute approximate surface area is 159 Å². The quantitative estimate of drug-likeness (QED) is 0.654. The lowest BCUT2D eigenvalue weighted by Gasteiger charge is -2.15. The Kier molecular flexibility index (Phi) is 7.60. The van der Waals surface area contributed by atoms with Crippen LogP contribution in [0.25, 0.3) is 0 Å². The molecule has 6 heteroatoms. The van der Waals surface area contributed by atoms with Crippen LogP contribution in [-0.4, -0.2) is 26.2 Å². The molecule has 140 valence electrons. The van der Waals surface area contributed by atoms with Crippen molar-refractivity contribution in [3.05, 3.63) is 47.0 Å². The monoisotopic (exact) mass is 377 g/mol. The molecule has 0 aliphatic carbocycles. The fourth-order valence-corrected chi connectivity index (χ4v) is 2.56. The summed E-state index contributed by atoms with van der Waals surface area (Å²) >= 11 is 6.29. The molecule has 0 aliphatic rings. The van der Waals surface area contributed by atoms with Crippen LogP contribution in [0, 0.1) is 0 Å². The summed E-state index contributed by atoms with van der Waals surface area (Å²) < 4.78 is 16.6. The zero-order chi connectivity index (χ0) is 18.9. The first kappa shape index (κ1) is 19.9. The summed E-state index contributed by atoms with van der Waals surface area (Å²) in [5.41, 5.74) is 0.980. The minimum atomic E-state index is -0.306. The van der Waals surface area contributed by atoms with Crippen molar-refractivity contribution in [2.24, 2.45) is 0 Å². The molecule has 0 bridgehead atoms. The van der Waals surface area contributed by atoms with Gasteiger partial charge in [-0.1, -0.05) is 37.6 Å². The molecule has 1 amide bonds. The molecule has 0 fully saturated rings. The number of ether oxygens (including phenoxy) is 3. The molecule has 0 saturated carbocycles. The molecule has 0 spiro atoms. The van der Waals surface area contributed by atoms with Crippen molar-refractivity contribution in [3.8, 4) is 17.2 Å². The van der Waals surface area contributed by atoms with E-state index in [9.17, 15) is 4.79 Å². The first-order chi connectivity index (χ1) is 12.6. The molecule has 2 aromatic rings. The molecule has 26 heavy (non-hydrogen) atoms. The van der Waals surface area contributed by atoms with Gasteiger partial charge in [0.05, 0.1) is 31.0 Å². The van der Waals surface area contributed by atoms with E-state index in [4.69, 9.17) is 25.8 Å². The van der Waals surface area contributed by atoms with E-state index in [1.807, 2.05) is 32.0 Å². The number of hydrogen-bond acceptors (Lipinski definition) is 4. The van der Waals surface area contributed by atoms with Gasteiger partial charge in [0.25, 0.3) is 5.91 Å². The van der Waals surface area contributed by atoms with E-state index < -0.39 is 0 Å². The van der Waals surface area contributed by atoms with E-state index in [1.165, 1.54) is 7.11 Å².